The van der Waals surface area contributed by atoms with Gasteiger partial charge in [-0.15, -0.1) is 0 Å². The maximum Gasteiger partial charge on any atom is 0.310 e. The Kier molecular flexibility index (Phi) is 7.89. The van der Waals surface area contributed by atoms with Crippen LogP contribution in [0.1, 0.15) is 20.8 Å². The number of methoxy groups -OCH3 is 1. The standard InChI is InChI=1S/C17H24ClNO4/c1-12(2)9-19(10-13(3)17(21)22-4)16(20)11-23-15-8-6-5-7-14(15)18/h5-8,12-13H,9-11H2,1-4H3. The molecule has 1 unspecified atom stereocenters. The van der Waals surface area contributed by atoms with E-state index in [1.807, 2.05) is 13.8 Å². The minimum absolute atomic E-state index is 0.121. The fraction of sp³-hybridized carbons (Fsp3) is 0.529. The molecule has 128 valence electrons. The Balaban J connectivity index is 2.68. The van der Waals surface area contributed by atoms with Gasteiger partial charge in [0.05, 0.1) is 18.1 Å². The molecule has 5 nitrogen and oxygen atoms in total. The topological polar surface area (TPSA) is 55.8 Å². The molecule has 0 radical (unpaired) electrons. The van der Waals surface area contributed by atoms with E-state index >= 15 is 0 Å². The van der Waals surface area contributed by atoms with Crippen LogP contribution in [0, 0.1) is 11.8 Å². The molecule has 0 N–H and O–H groups in total. The molecule has 1 rings (SSSR count). The smallest absolute Gasteiger partial charge is 0.310 e. The Morgan fingerprint density at radius 1 is 1.17 bits per heavy atom. The molecule has 0 saturated heterocycles. The maximum absolute atomic E-state index is 12.4. The molecule has 1 aromatic rings. The predicted octanol–water partition coefficient (Wildman–Crippen LogP) is 3.01. The van der Waals surface area contributed by atoms with Crippen molar-refractivity contribution in [2.75, 3.05) is 26.8 Å². The van der Waals surface area contributed by atoms with Crippen LogP contribution in [0.15, 0.2) is 24.3 Å². The van der Waals surface area contributed by atoms with Gasteiger partial charge in [0.2, 0.25) is 0 Å². The zero-order chi connectivity index (χ0) is 17.4. The number of halogens is 1. The molecular weight excluding hydrogens is 318 g/mol. The number of ether oxygens (including phenoxy) is 2. The first-order chi connectivity index (χ1) is 10.8. The van der Waals surface area contributed by atoms with Crippen molar-refractivity contribution in [3.8, 4) is 5.75 Å². The lowest BCUT2D eigenvalue weighted by Crippen LogP contribution is -2.41. The molecule has 0 aliphatic rings. The van der Waals surface area contributed by atoms with Gasteiger partial charge < -0.3 is 14.4 Å². The maximum atomic E-state index is 12.4. The second kappa shape index (κ2) is 9.40. The monoisotopic (exact) mass is 341 g/mol. The number of rotatable bonds is 8. The van der Waals surface area contributed by atoms with Crippen LogP contribution < -0.4 is 4.74 Å². The Morgan fingerprint density at radius 2 is 1.83 bits per heavy atom. The normalized spacial score (nSPS) is 11.9. The lowest BCUT2D eigenvalue weighted by Gasteiger charge is -2.26. The van der Waals surface area contributed by atoms with E-state index < -0.39 is 0 Å². The Labute approximate surface area is 142 Å². The summed E-state index contributed by atoms with van der Waals surface area (Å²) in [6.07, 6.45) is 0. The molecule has 0 spiro atoms. The zero-order valence-corrected chi connectivity index (χ0v) is 14.8. The minimum Gasteiger partial charge on any atom is -0.482 e. The third kappa shape index (κ3) is 6.48. The van der Waals surface area contributed by atoms with Gasteiger partial charge >= 0.3 is 5.97 Å². The summed E-state index contributed by atoms with van der Waals surface area (Å²) >= 11 is 6.01. The molecule has 1 aromatic carbocycles. The predicted molar refractivity (Wildman–Crippen MR) is 89.5 cm³/mol. The van der Waals surface area contributed by atoms with Crippen LogP contribution in [0.2, 0.25) is 5.02 Å². The Bertz CT molecular complexity index is 533. The summed E-state index contributed by atoms with van der Waals surface area (Å²) in [7, 11) is 1.34. The summed E-state index contributed by atoms with van der Waals surface area (Å²) in [5.74, 6) is -0.159. The second-order valence-corrected chi connectivity index (χ2v) is 6.24. The van der Waals surface area contributed by atoms with Gasteiger partial charge in [-0.3, -0.25) is 9.59 Å². The van der Waals surface area contributed by atoms with Crippen LogP contribution in [0.3, 0.4) is 0 Å². The summed E-state index contributed by atoms with van der Waals surface area (Å²) in [4.78, 5) is 25.6. The lowest BCUT2D eigenvalue weighted by atomic mass is 10.1. The van der Waals surface area contributed by atoms with Gasteiger partial charge in [0, 0.05) is 13.1 Å². The number of nitrogens with zero attached hydrogens (tertiary/aromatic N) is 1. The number of benzene rings is 1. The van der Waals surface area contributed by atoms with Gasteiger partial charge in [0.15, 0.2) is 6.61 Å². The number of para-hydroxylation sites is 1. The number of hydrogen-bond acceptors (Lipinski definition) is 4. The fourth-order valence-corrected chi connectivity index (χ4v) is 2.31. The van der Waals surface area contributed by atoms with Crippen LogP contribution in [0.25, 0.3) is 0 Å². The molecule has 0 heterocycles. The first-order valence-corrected chi connectivity index (χ1v) is 7.95. The van der Waals surface area contributed by atoms with E-state index in [4.69, 9.17) is 21.1 Å². The highest BCUT2D eigenvalue weighted by Gasteiger charge is 2.22. The van der Waals surface area contributed by atoms with Crippen molar-refractivity contribution in [2.24, 2.45) is 11.8 Å². The molecule has 0 aliphatic heterocycles. The SMILES string of the molecule is COC(=O)C(C)CN(CC(C)C)C(=O)COc1ccccc1Cl. The highest BCUT2D eigenvalue weighted by Crippen LogP contribution is 2.23. The molecule has 0 aliphatic carbocycles. The van der Waals surface area contributed by atoms with Gasteiger partial charge in [-0.25, -0.2) is 0 Å². The van der Waals surface area contributed by atoms with Gasteiger partial charge in [-0.2, -0.15) is 0 Å². The van der Waals surface area contributed by atoms with E-state index in [0.29, 0.717) is 23.9 Å². The Hall–Kier alpha value is -1.75. The number of carbonyl (C=O) groups excluding carboxylic acids is 2. The first kappa shape index (κ1) is 19.3. The minimum atomic E-state index is -0.386. The second-order valence-electron chi connectivity index (χ2n) is 5.84. The number of carbonyl (C=O) groups is 2. The molecule has 23 heavy (non-hydrogen) atoms. The number of hydrogen-bond donors (Lipinski definition) is 0. The van der Waals surface area contributed by atoms with Crippen molar-refractivity contribution < 1.29 is 19.1 Å². The Morgan fingerprint density at radius 3 is 2.39 bits per heavy atom. The van der Waals surface area contributed by atoms with Crippen molar-refractivity contribution in [3.63, 3.8) is 0 Å². The summed E-state index contributed by atoms with van der Waals surface area (Å²) in [5, 5.41) is 0.457. The molecular formula is C17H24ClNO4. The fourth-order valence-electron chi connectivity index (χ4n) is 2.12. The van der Waals surface area contributed by atoms with Gasteiger partial charge in [0.25, 0.3) is 5.91 Å². The zero-order valence-electron chi connectivity index (χ0n) is 14.0. The number of amides is 1. The molecule has 0 saturated carbocycles. The van der Waals surface area contributed by atoms with Crippen molar-refractivity contribution >= 4 is 23.5 Å². The van der Waals surface area contributed by atoms with Gasteiger partial charge in [-0.05, 0) is 18.1 Å². The molecule has 1 amide bonds. The third-order valence-corrected chi connectivity index (χ3v) is 3.54. The van der Waals surface area contributed by atoms with Crippen molar-refractivity contribution in [1.82, 2.24) is 4.90 Å². The summed E-state index contributed by atoms with van der Waals surface area (Å²) in [6.45, 7) is 6.49. The summed E-state index contributed by atoms with van der Waals surface area (Å²) < 4.78 is 10.2. The highest BCUT2D eigenvalue weighted by atomic mass is 35.5. The largest absolute Gasteiger partial charge is 0.482 e. The highest BCUT2D eigenvalue weighted by molar-refractivity contribution is 6.32. The molecule has 0 aromatic heterocycles. The van der Waals surface area contributed by atoms with Crippen LogP contribution >= 0.6 is 11.6 Å². The number of esters is 1. The first-order valence-electron chi connectivity index (χ1n) is 7.58. The molecule has 0 bridgehead atoms. The van der Waals surface area contributed by atoms with E-state index in [2.05, 4.69) is 0 Å². The molecule has 6 heteroatoms. The van der Waals surface area contributed by atoms with Crippen molar-refractivity contribution in [1.29, 1.82) is 0 Å². The molecule has 1 atom stereocenters. The van der Waals surface area contributed by atoms with E-state index in [-0.39, 0.29) is 30.3 Å². The summed E-state index contributed by atoms with van der Waals surface area (Å²) in [5.41, 5.74) is 0. The van der Waals surface area contributed by atoms with Gasteiger partial charge in [0.1, 0.15) is 5.75 Å². The lowest BCUT2D eigenvalue weighted by molar-refractivity contribution is -0.146. The van der Waals surface area contributed by atoms with E-state index in [0.717, 1.165) is 0 Å². The quantitative estimate of drug-likeness (QED) is 0.682. The van der Waals surface area contributed by atoms with Crippen molar-refractivity contribution in [3.05, 3.63) is 29.3 Å². The van der Waals surface area contributed by atoms with Crippen LogP contribution in [0.5, 0.6) is 5.75 Å². The van der Waals surface area contributed by atoms with E-state index in [1.54, 1.807) is 36.1 Å². The van der Waals surface area contributed by atoms with Crippen molar-refractivity contribution in [2.45, 2.75) is 20.8 Å². The van der Waals surface area contributed by atoms with Crippen LogP contribution in [0.4, 0.5) is 0 Å². The molecule has 0 fully saturated rings. The van der Waals surface area contributed by atoms with Crippen LogP contribution in [-0.4, -0.2) is 43.6 Å². The average Bonchev–Trinajstić information content (AvgIpc) is 2.51. The average molecular weight is 342 g/mol. The van der Waals surface area contributed by atoms with Crippen LogP contribution in [-0.2, 0) is 14.3 Å². The van der Waals surface area contributed by atoms with Gasteiger partial charge in [-0.1, -0.05) is 44.5 Å². The van der Waals surface area contributed by atoms with E-state index in [9.17, 15) is 9.59 Å². The third-order valence-electron chi connectivity index (χ3n) is 3.22. The van der Waals surface area contributed by atoms with E-state index in [1.165, 1.54) is 7.11 Å². The summed E-state index contributed by atoms with van der Waals surface area (Å²) in [6, 6.07) is 6.99.